The van der Waals surface area contributed by atoms with E-state index in [2.05, 4.69) is 5.32 Å². The van der Waals surface area contributed by atoms with Gasteiger partial charge in [-0.3, -0.25) is 0 Å². The van der Waals surface area contributed by atoms with Crippen LogP contribution in [0.15, 0.2) is 12.1 Å². The molecular weight excluding hydrogens is 269 g/mol. The Kier molecular flexibility index (Phi) is 5.16. The molecule has 0 saturated heterocycles. The van der Waals surface area contributed by atoms with Crippen molar-refractivity contribution >= 4 is 23.2 Å². The lowest BCUT2D eigenvalue weighted by Gasteiger charge is -2.16. The van der Waals surface area contributed by atoms with E-state index >= 15 is 0 Å². The van der Waals surface area contributed by atoms with Crippen LogP contribution >= 0.6 is 23.2 Å². The van der Waals surface area contributed by atoms with E-state index in [1.807, 2.05) is 13.1 Å². The summed E-state index contributed by atoms with van der Waals surface area (Å²) in [6.45, 7) is 1.47. The lowest BCUT2D eigenvalue weighted by molar-refractivity contribution is 0.250. The summed E-state index contributed by atoms with van der Waals surface area (Å²) in [7, 11) is 1.90. The number of ether oxygens (including phenoxy) is 1. The minimum Gasteiger partial charge on any atom is -0.491 e. The monoisotopic (exact) mass is 287 g/mol. The fourth-order valence-electron chi connectivity index (χ4n) is 2.48. The van der Waals surface area contributed by atoms with Gasteiger partial charge in [0.05, 0.1) is 11.6 Å². The molecule has 0 radical (unpaired) electrons. The van der Waals surface area contributed by atoms with Gasteiger partial charge in [0.15, 0.2) is 0 Å². The van der Waals surface area contributed by atoms with Crippen molar-refractivity contribution in [3.8, 4) is 5.75 Å². The van der Waals surface area contributed by atoms with Crippen molar-refractivity contribution in [2.75, 3.05) is 13.7 Å². The van der Waals surface area contributed by atoms with Gasteiger partial charge in [0, 0.05) is 17.1 Å². The highest BCUT2D eigenvalue weighted by Crippen LogP contribution is 2.34. The molecule has 0 aliphatic heterocycles. The number of hydrogen-bond acceptors (Lipinski definition) is 2. The Morgan fingerprint density at radius 3 is 2.67 bits per heavy atom. The normalized spacial score (nSPS) is 16.2. The zero-order valence-corrected chi connectivity index (χ0v) is 12.2. The third kappa shape index (κ3) is 3.53. The van der Waals surface area contributed by atoms with Crippen LogP contribution in [-0.4, -0.2) is 13.7 Å². The van der Waals surface area contributed by atoms with E-state index in [4.69, 9.17) is 27.9 Å². The molecule has 0 amide bonds. The fourth-order valence-corrected chi connectivity index (χ4v) is 3.07. The maximum absolute atomic E-state index is 6.22. The van der Waals surface area contributed by atoms with E-state index in [-0.39, 0.29) is 0 Å². The number of benzene rings is 1. The highest BCUT2D eigenvalue weighted by atomic mass is 35.5. The number of halogens is 2. The predicted molar refractivity (Wildman–Crippen MR) is 76.7 cm³/mol. The molecule has 0 atom stereocenters. The van der Waals surface area contributed by atoms with Crippen molar-refractivity contribution in [2.45, 2.75) is 32.2 Å². The third-order valence-corrected chi connectivity index (χ3v) is 3.89. The van der Waals surface area contributed by atoms with Crippen LogP contribution < -0.4 is 10.1 Å². The van der Waals surface area contributed by atoms with Crippen LogP contribution in [0.3, 0.4) is 0 Å². The lowest BCUT2D eigenvalue weighted by atomic mass is 10.1. The zero-order chi connectivity index (χ0) is 13.0. The van der Waals surface area contributed by atoms with E-state index in [1.165, 1.54) is 25.7 Å². The van der Waals surface area contributed by atoms with Crippen molar-refractivity contribution in [3.05, 3.63) is 27.7 Å². The average Bonchev–Trinajstić information content (AvgIpc) is 2.81. The Morgan fingerprint density at radius 1 is 1.28 bits per heavy atom. The summed E-state index contributed by atoms with van der Waals surface area (Å²) in [5, 5.41) is 4.36. The predicted octanol–water partition coefficient (Wildman–Crippen LogP) is 4.28. The summed E-state index contributed by atoms with van der Waals surface area (Å²) in [4.78, 5) is 0. The molecule has 1 aromatic carbocycles. The molecule has 1 aromatic rings. The zero-order valence-electron chi connectivity index (χ0n) is 10.6. The minimum atomic E-state index is 0.603. The van der Waals surface area contributed by atoms with Crippen LogP contribution in [-0.2, 0) is 6.54 Å². The molecule has 1 aliphatic rings. The maximum atomic E-state index is 6.22. The summed E-state index contributed by atoms with van der Waals surface area (Å²) in [6, 6.07) is 3.65. The summed E-state index contributed by atoms with van der Waals surface area (Å²) in [5.74, 6) is 1.46. The molecule has 18 heavy (non-hydrogen) atoms. The van der Waals surface area contributed by atoms with E-state index < -0.39 is 0 Å². The van der Waals surface area contributed by atoms with Gasteiger partial charge in [0.2, 0.25) is 0 Å². The van der Waals surface area contributed by atoms with Gasteiger partial charge in [-0.25, -0.2) is 0 Å². The fraction of sp³-hybridized carbons (Fsp3) is 0.571. The number of hydrogen-bond donors (Lipinski definition) is 1. The van der Waals surface area contributed by atoms with Gasteiger partial charge in [-0.1, -0.05) is 36.0 Å². The van der Waals surface area contributed by atoms with Gasteiger partial charge in [-0.15, -0.1) is 0 Å². The Hall–Kier alpha value is -0.440. The second kappa shape index (κ2) is 6.65. The Morgan fingerprint density at radius 2 is 2.00 bits per heavy atom. The number of nitrogens with one attached hydrogen (secondary N) is 1. The minimum absolute atomic E-state index is 0.603. The first-order chi connectivity index (χ1) is 8.70. The van der Waals surface area contributed by atoms with E-state index in [1.54, 1.807) is 6.07 Å². The molecule has 0 heterocycles. The van der Waals surface area contributed by atoms with Gasteiger partial charge >= 0.3 is 0 Å². The second-order valence-corrected chi connectivity index (χ2v) is 5.71. The van der Waals surface area contributed by atoms with Gasteiger partial charge in [0.1, 0.15) is 5.75 Å². The molecule has 1 aliphatic carbocycles. The summed E-state index contributed by atoms with van der Waals surface area (Å²) in [5.41, 5.74) is 1.02. The Balaban J connectivity index is 2.09. The molecule has 2 rings (SSSR count). The first-order valence-electron chi connectivity index (χ1n) is 6.46. The summed E-state index contributed by atoms with van der Waals surface area (Å²) >= 11 is 12.2. The Labute approximate surface area is 119 Å². The molecule has 0 spiro atoms. The van der Waals surface area contributed by atoms with Crippen LogP contribution in [0.1, 0.15) is 31.2 Å². The topological polar surface area (TPSA) is 21.3 Å². The smallest absolute Gasteiger partial charge is 0.142 e. The molecule has 1 fully saturated rings. The molecule has 2 nitrogen and oxygen atoms in total. The summed E-state index contributed by atoms with van der Waals surface area (Å²) in [6.07, 6.45) is 5.19. The van der Waals surface area contributed by atoms with Gasteiger partial charge in [0.25, 0.3) is 0 Å². The van der Waals surface area contributed by atoms with Crippen LogP contribution in [0.4, 0.5) is 0 Å². The molecule has 0 aromatic heterocycles. The van der Waals surface area contributed by atoms with Gasteiger partial charge < -0.3 is 10.1 Å². The maximum Gasteiger partial charge on any atom is 0.142 e. The van der Waals surface area contributed by atoms with Crippen molar-refractivity contribution < 1.29 is 4.74 Å². The molecule has 100 valence electrons. The summed E-state index contributed by atoms with van der Waals surface area (Å²) < 4.78 is 5.93. The van der Waals surface area contributed by atoms with Crippen LogP contribution in [0.2, 0.25) is 10.0 Å². The highest BCUT2D eigenvalue weighted by Gasteiger charge is 2.17. The van der Waals surface area contributed by atoms with E-state index in [9.17, 15) is 0 Å². The Bertz CT molecular complexity index is 403. The highest BCUT2D eigenvalue weighted by molar-refractivity contribution is 6.35. The second-order valence-electron chi connectivity index (χ2n) is 4.87. The lowest BCUT2D eigenvalue weighted by Crippen LogP contribution is -2.12. The van der Waals surface area contributed by atoms with E-state index in [0.717, 1.165) is 17.9 Å². The van der Waals surface area contributed by atoms with Crippen molar-refractivity contribution in [3.63, 3.8) is 0 Å². The SMILES string of the molecule is CNCc1cc(Cl)cc(Cl)c1OCC1CCCC1. The first kappa shape index (κ1) is 14.0. The van der Waals surface area contributed by atoms with Crippen LogP contribution in [0.5, 0.6) is 5.75 Å². The molecule has 0 bridgehead atoms. The molecule has 1 N–H and O–H groups in total. The first-order valence-corrected chi connectivity index (χ1v) is 7.21. The van der Waals surface area contributed by atoms with Crippen molar-refractivity contribution in [1.82, 2.24) is 5.32 Å². The number of rotatable bonds is 5. The molecule has 1 saturated carbocycles. The van der Waals surface area contributed by atoms with Gasteiger partial charge in [-0.05, 0) is 37.9 Å². The average molecular weight is 288 g/mol. The van der Waals surface area contributed by atoms with E-state index in [0.29, 0.717) is 22.5 Å². The van der Waals surface area contributed by atoms with Crippen LogP contribution in [0, 0.1) is 5.92 Å². The largest absolute Gasteiger partial charge is 0.491 e. The molecular formula is C14H19Cl2NO. The van der Waals surface area contributed by atoms with Gasteiger partial charge in [-0.2, -0.15) is 0 Å². The molecule has 4 heteroatoms. The molecule has 0 unspecified atom stereocenters. The van der Waals surface area contributed by atoms with Crippen molar-refractivity contribution in [2.24, 2.45) is 5.92 Å². The standard InChI is InChI=1S/C14H19Cl2NO/c1-17-8-11-6-12(15)7-13(16)14(11)18-9-10-4-2-3-5-10/h6-7,10,17H,2-5,8-9H2,1H3. The van der Waals surface area contributed by atoms with Crippen molar-refractivity contribution in [1.29, 1.82) is 0 Å². The third-order valence-electron chi connectivity index (χ3n) is 3.39. The quantitative estimate of drug-likeness (QED) is 0.873. The van der Waals surface area contributed by atoms with Crippen LogP contribution in [0.25, 0.3) is 0 Å².